The standard InChI is InChI=1S/C18H21BrN4O/c1-12-6-9-23(10-7-12)18-20-8-5-16(22-18)17(24)21-14-3-4-15(19)13(2)11-14/h3-5,8,11-12H,6-7,9-10H2,1-2H3,(H,21,24). The van der Waals surface area contributed by atoms with Crippen molar-refractivity contribution in [1.82, 2.24) is 9.97 Å². The van der Waals surface area contributed by atoms with Crippen molar-refractivity contribution < 1.29 is 4.79 Å². The molecule has 0 atom stereocenters. The molecule has 2 aromatic rings. The highest BCUT2D eigenvalue weighted by Crippen LogP contribution is 2.22. The van der Waals surface area contributed by atoms with Gasteiger partial charge in [0, 0.05) is 29.4 Å². The number of hydrogen-bond donors (Lipinski definition) is 1. The van der Waals surface area contributed by atoms with Gasteiger partial charge in [-0.25, -0.2) is 9.97 Å². The molecule has 24 heavy (non-hydrogen) atoms. The van der Waals surface area contributed by atoms with E-state index in [0.717, 1.165) is 47.6 Å². The van der Waals surface area contributed by atoms with Gasteiger partial charge in [0.05, 0.1) is 0 Å². The molecule has 1 saturated heterocycles. The van der Waals surface area contributed by atoms with E-state index in [-0.39, 0.29) is 5.91 Å². The third kappa shape index (κ3) is 3.93. The van der Waals surface area contributed by atoms with Crippen LogP contribution in [0.2, 0.25) is 0 Å². The molecule has 6 heteroatoms. The molecule has 1 aliphatic heterocycles. The second kappa shape index (κ2) is 7.30. The van der Waals surface area contributed by atoms with Crippen LogP contribution in [0, 0.1) is 12.8 Å². The van der Waals surface area contributed by atoms with E-state index in [1.54, 1.807) is 12.3 Å². The van der Waals surface area contributed by atoms with Gasteiger partial charge < -0.3 is 10.2 Å². The number of anilines is 2. The highest BCUT2D eigenvalue weighted by atomic mass is 79.9. The predicted octanol–water partition coefficient (Wildman–Crippen LogP) is 4.04. The second-order valence-corrected chi connectivity index (χ2v) is 7.18. The number of nitrogens with zero attached hydrogens (tertiary/aromatic N) is 3. The van der Waals surface area contributed by atoms with Crippen molar-refractivity contribution in [3.63, 3.8) is 0 Å². The van der Waals surface area contributed by atoms with E-state index in [9.17, 15) is 4.79 Å². The van der Waals surface area contributed by atoms with Crippen LogP contribution in [0.4, 0.5) is 11.6 Å². The van der Waals surface area contributed by atoms with Gasteiger partial charge >= 0.3 is 0 Å². The number of nitrogens with one attached hydrogen (secondary N) is 1. The lowest BCUT2D eigenvalue weighted by molar-refractivity contribution is 0.102. The molecule has 0 unspecified atom stereocenters. The van der Waals surface area contributed by atoms with Gasteiger partial charge in [0.15, 0.2) is 0 Å². The Labute approximate surface area is 150 Å². The Bertz CT molecular complexity index is 742. The Balaban J connectivity index is 1.73. The minimum atomic E-state index is -0.217. The lowest BCUT2D eigenvalue weighted by atomic mass is 10.00. The Morgan fingerprint density at radius 3 is 2.75 bits per heavy atom. The highest BCUT2D eigenvalue weighted by Gasteiger charge is 2.19. The largest absolute Gasteiger partial charge is 0.341 e. The minimum absolute atomic E-state index is 0.217. The summed E-state index contributed by atoms with van der Waals surface area (Å²) in [5.41, 5.74) is 2.21. The molecule has 1 aromatic heterocycles. The van der Waals surface area contributed by atoms with Crippen LogP contribution in [0.3, 0.4) is 0 Å². The van der Waals surface area contributed by atoms with Gasteiger partial charge in [-0.2, -0.15) is 0 Å². The van der Waals surface area contributed by atoms with Crippen molar-refractivity contribution in [3.8, 4) is 0 Å². The van der Waals surface area contributed by atoms with Crippen molar-refractivity contribution in [2.24, 2.45) is 5.92 Å². The molecule has 2 heterocycles. The SMILES string of the molecule is Cc1cc(NC(=O)c2ccnc(N3CCC(C)CC3)n2)ccc1Br. The van der Waals surface area contributed by atoms with E-state index in [2.05, 4.69) is 43.0 Å². The predicted molar refractivity (Wildman–Crippen MR) is 99.5 cm³/mol. The summed E-state index contributed by atoms with van der Waals surface area (Å²) in [6, 6.07) is 7.36. The maximum absolute atomic E-state index is 12.5. The number of benzene rings is 1. The molecule has 1 N–H and O–H groups in total. The average Bonchev–Trinajstić information content (AvgIpc) is 2.59. The molecule has 1 aromatic carbocycles. The van der Waals surface area contributed by atoms with Gasteiger partial charge in [0.2, 0.25) is 5.95 Å². The van der Waals surface area contributed by atoms with E-state index in [1.807, 2.05) is 25.1 Å². The Morgan fingerprint density at radius 2 is 2.04 bits per heavy atom. The number of hydrogen-bond acceptors (Lipinski definition) is 4. The van der Waals surface area contributed by atoms with Crippen LogP contribution in [0.25, 0.3) is 0 Å². The third-order valence-electron chi connectivity index (χ3n) is 4.36. The minimum Gasteiger partial charge on any atom is -0.341 e. The molecule has 0 saturated carbocycles. The third-order valence-corrected chi connectivity index (χ3v) is 5.25. The number of rotatable bonds is 3. The van der Waals surface area contributed by atoms with Crippen LogP contribution in [-0.4, -0.2) is 29.0 Å². The quantitative estimate of drug-likeness (QED) is 0.861. The van der Waals surface area contributed by atoms with Gasteiger partial charge in [0.25, 0.3) is 5.91 Å². The van der Waals surface area contributed by atoms with Crippen LogP contribution < -0.4 is 10.2 Å². The van der Waals surface area contributed by atoms with Crippen molar-refractivity contribution in [1.29, 1.82) is 0 Å². The highest BCUT2D eigenvalue weighted by molar-refractivity contribution is 9.10. The summed E-state index contributed by atoms with van der Waals surface area (Å²) in [6.45, 7) is 6.14. The number of carbonyl (C=O) groups is 1. The first-order valence-electron chi connectivity index (χ1n) is 8.18. The number of carbonyl (C=O) groups excluding carboxylic acids is 1. The number of piperidine rings is 1. The maximum Gasteiger partial charge on any atom is 0.274 e. The smallest absolute Gasteiger partial charge is 0.274 e. The lowest BCUT2D eigenvalue weighted by Crippen LogP contribution is -2.34. The molecular formula is C18H21BrN4O. The topological polar surface area (TPSA) is 58.1 Å². The molecule has 0 aliphatic carbocycles. The molecule has 3 rings (SSSR count). The zero-order chi connectivity index (χ0) is 17.1. The summed E-state index contributed by atoms with van der Waals surface area (Å²) in [7, 11) is 0. The first-order valence-corrected chi connectivity index (χ1v) is 8.98. The summed E-state index contributed by atoms with van der Waals surface area (Å²) in [5, 5.41) is 2.89. The van der Waals surface area contributed by atoms with E-state index >= 15 is 0 Å². The fraction of sp³-hybridized carbons (Fsp3) is 0.389. The molecule has 1 aliphatic rings. The normalized spacial score (nSPS) is 15.4. The van der Waals surface area contributed by atoms with Crippen LogP contribution in [0.1, 0.15) is 35.8 Å². The van der Waals surface area contributed by atoms with E-state index in [1.165, 1.54) is 0 Å². The lowest BCUT2D eigenvalue weighted by Gasteiger charge is -2.30. The van der Waals surface area contributed by atoms with Crippen LogP contribution in [0.5, 0.6) is 0 Å². The van der Waals surface area contributed by atoms with Crippen molar-refractivity contribution in [2.75, 3.05) is 23.3 Å². The van der Waals surface area contributed by atoms with Gasteiger partial charge in [-0.3, -0.25) is 4.79 Å². The first-order chi connectivity index (χ1) is 11.5. The number of aryl methyl sites for hydroxylation is 1. The summed E-state index contributed by atoms with van der Waals surface area (Å²) in [4.78, 5) is 23.4. The summed E-state index contributed by atoms with van der Waals surface area (Å²) < 4.78 is 1.02. The summed E-state index contributed by atoms with van der Waals surface area (Å²) in [5.74, 6) is 1.17. The molecule has 1 amide bonds. The summed E-state index contributed by atoms with van der Waals surface area (Å²) in [6.07, 6.45) is 3.93. The van der Waals surface area contributed by atoms with E-state index < -0.39 is 0 Å². The van der Waals surface area contributed by atoms with Gasteiger partial charge in [-0.15, -0.1) is 0 Å². The molecule has 5 nitrogen and oxygen atoms in total. The Kier molecular flexibility index (Phi) is 5.14. The fourth-order valence-corrected chi connectivity index (χ4v) is 3.00. The molecular weight excluding hydrogens is 368 g/mol. The van der Waals surface area contributed by atoms with E-state index in [0.29, 0.717) is 11.6 Å². The molecule has 1 fully saturated rings. The van der Waals surface area contributed by atoms with Crippen molar-refractivity contribution in [2.45, 2.75) is 26.7 Å². The van der Waals surface area contributed by atoms with Crippen LogP contribution in [-0.2, 0) is 0 Å². The Hall–Kier alpha value is -1.95. The van der Waals surface area contributed by atoms with Crippen LogP contribution >= 0.6 is 15.9 Å². The zero-order valence-electron chi connectivity index (χ0n) is 13.9. The van der Waals surface area contributed by atoms with Crippen molar-refractivity contribution in [3.05, 3.63) is 46.2 Å². The Morgan fingerprint density at radius 1 is 1.29 bits per heavy atom. The molecule has 0 spiro atoms. The number of halogens is 1. The fourth-order valence-electron chi connectivity index (χ4n) is 2.75. The zero-order valence-corrected chi connectivity index (χ0v) is 15.5. The second-order valence-electron chi connectivity index (χ2n) is 6.33. The van der Waals surface area contributed by atoms with Crippen molar-refractivity contribution >= 4 is 33.5 Å². The van der Waals surface area contributed by atoms with E-state index in [4.69, 9.17) is 0 Å². The average molecular weight is 389 g/mol. The maximum atomic E-state index is 12.5. The van der Waals surface area contributed by atoms with Gasteiger partial charge in [-0.05, 0) is 55.5 Å². The molecule has 0 bridgehead atoms. The van der Waals surface area contributed by atoms with Gasteiger partial charge in [-0.1, -0.05) is 22.9 Å². The molecule has 0 radical (unpaired) electrons. The van der Waals surface area contributed by atoms with Crippen LogP contribution in [0.15, 0.2) is 34.9 Å². The number of aromatic nitrogens is 2. The first kappa shape index (κ1) is 16.9. The van der Waals surface area contributed by atoms with Gasteiger partial charge in [0.1, 0.15) is 5.69 Å². The monoisotopic (exact) mass is 388 g/mol. The number of amides is 1. The molecule has 126 valence electrons. The summed E-state index contributed by atoms with van der Waals surface area (Å²) >= 11 is 3.46.